The molecule has 0 amide bonds. The molecule has 0 fully saturated rings. The fraction of sp³-hybridized carbons (Fsp3) is 1.00. The van der Waals surface area contributed by atoms with E-state index < -0.39 is 0 Å². The summed E-state index contributed by atoms with van der Waals surface area (Å²) in [6.45, 7) is 9.60. The van der Waals surface area contributed by atoms with E-state index in [0.29, 0.717) is 0 Å². The lowest BCUT2D eigenvalue weighted by molar-refractivity contribution is -0.153. The van der Waals surface area contributed by atoms with Crippen molar-refractivity contribution in [1.29, 1.82) is 0 Å². The van der Waals surface area contributed by atoms with Crippen LogP contribution in [-0.4, -0.2) is 32.7 Å². The largest absolute Gasteiger partial charge is 0.381 e. The lowest BCUT2D eigenvalue weighted by Gasteiger charge is -2.18. The molecule has 0 aliphatic rings. The zero-order valence-corrected chi connectivity index (χ0v) is 11.9. The van der Waals surface area contributed by atoms with Crippen LogP contribution in [0.2, 0.25) is 0 Å². The van der Waals surface area contributed by atoms with Gasteiger partial charge in [0.1, 0.15) is 0 Å². The third-order valence-electron chi connectivity index (χ3n) is 2.45. The van der Waals surface area contributed by atoms with Crippen molar-refractivity contribution in [3.8, 4) is 0 Å². The molecular weight excluding hydrogens is 216 g/mol. The molecule has 0 aliphatic heterocycles. The number of unbranched alkanes of at least 4 members (excludes halogenated alkanes) is 2. The van der Waals surface area contributed by atoms with E-state index in [0.717, 1.165) is 65.0 Å². The molecular formula is C14H30O3. The zero-order valence-electron chi connectivity index (χ0n) is 11.9. The molecule has 0 spiro atoms. The highest BCUT2D eigenvalue weighted by Gasteiger charge is 2.08. The first kappa shape index (κ1) is 16.9. The summed E-state index contributed by atoms with van der Waals surface area (Å²) in [5.41, 5.74) is 0. The average Bonchev–Trinajstić information content (AvgIpc) is 2.34. The molecule has 0 aromatic rings. The van der Waals surface area contributed by atoms with Crippen LogP contribution in [0, 0.1) is 0 Å². The van der Waals surface area contributed by atoms with Crippen molar-refractivity contribution in [2.24, 2.45) is 0 Å². The molecule has 3 heteroatoms. The quantitative estimate of drug-likeness (QED) is 0.366. The molecule has 17 heavy (non-hydrogen) atoms. The Kier molecular flexibility index (Phi) is 13.8. The Labute approximate surface area is 107 Å². The summed E-state index contributed by atoms with van der Waals surface area (Å²) in [5.74, 6) is 0. The second kappa shape index (κ2) is 13.9. The van der Waals surface area contributed by atoms with Gasteiger partial charge in [-0.3, -0.25) is 0 Å². The SMILES string of the molecule is CCCCOC(CCOCCC)OCCCC. The fourth-order valence-electron chi connectivity index (χ4n) is 1.36. The first-order chi connectivity index (χ1) is 8.35. The van der Waals surface area contributed by atoms with E-state index in [4.69, 9.17) is 14.2 Å². The second-order valence-corrected chi connectivity index (χ2v) is 4.28. The zero-order chi connectivity index (χ0) is 12.8. The molecule has 0 bridgehead atoms. The summed E-state index contributed by atoms with van der Waals surface area (Å²) in [6, 6.07) is 0. The minimum Gasteiger partial charge on any atom is -0.381 e. The van der Waals surface area contributed by atoms with Crippen molar-refractivity contribution in [1.82, 2.24) is 0 Å². The van der Waals surface area contributed by atoms with Crippen molar-refractivity contribution in [3.05, 3.63) is 0 Å². The van der Waals surface area contributed by atoms with Crippen LogP contribution >= 0.6 is 0 Å². The molecule has 0 unspecified atom stereocenters. The minimum absolute atomic E-state index is 0.0787. The molecule has 3 nitrogen and oxygen atoms in total. The van der Waals surface area contributed by atoms with Crippen LogP contribution in [-0.2, 0) is 14.2 Å². The first-order valence-electron chi connectivity index (χ1n) is 7.16. The van der Waals surface area contributed by atoms with E-state index in [2.05, 4.69) is 20.8 Å². The highest BCUT2D eigenvalue weighted by molar-refractivity contribution is 4.47. The predicted octanol–water partition coefficient (Wildman–Crippen LogP) is 3.76. The van der Waals surface area contributed by atoms with Gasteiger partial charge in [0.05, 0.1) is 6.61 Å². The van der Waals surface area contributed by atoms with Crippen molar-refractivity contribution < 1.29 is 14.2 Å². The van der Waals surface area contributed by atoms with Gasteiger partial charge in [-0.25, -0.2) is 0 Å². The lowest BCUT2D eigenvalue weighted by Crippen LogP contribution is -2.21. The molecule has 0 atom stereocenters. The number of hydrogen-bond acceptors (Lipinski definition) is 3. The van der Waals surface area contributed by atoms with Gasteiger partial charge in [0.15, 0.2) is 6.29 Å². The highest BCUT2D eigenvalue weighted by atomic mass is 16.7. The number of rotatable bonds is 13. The van der Waals surface area contributed by atoms with Crippen LogP contribution in [0.5, 0.6) is 0 Å². The second-order valence-electron chi connectivity index (χ2n) is 4.28. The van der Waals surface area contributed by atoms with Gasteiger partial charge >= 0.3 is 0 Å². The molecule has 0 N–H and O–H groups in total. The van der Waals surface area contributed by atoms with Gasteiger partial charge < -0.3 is 14.2 Å². The molecule has 0 saturated carbocycles. The normalized spacial score (nSPS) is 11.3. The molecule has 0 heterocycles. The van der Waals surface area contributed by atoms with Gasteiger partial charge in [-0.15, -0.1) is 0 Å². The minimum atomic E-state index is -0.0787. The Morgan fingerprint density at radius 1 is 0.706 bits per heavy atom. The van der Waals surface area contributed by atoms with Gasteiger partial charge in [0.2, 0.25) is 0 Å². The Hall–Kier alpha value is -0.120. The number of hydrogen-bond donors (Lipinski definition) is 0. The maximum absolute atomic E-state index is 5.71. The predicted molar refractivity (Wildman–Crippen MR) is 71.2 cm³/mol. The smallest absolute Gasteiger partial charge is 0.159 e. The molecule has 104 valence electrons. The van der Waals surface area contributed by atoms with Crippen molar-refractivity contribution in [2.75, 3.05) is 26.4 Å². The maximum atomic E-state index is 5.71. The monoisotopic (exact) mass is 246 g/mol. The van der Waals surface area contributed by atoms with E-state index in [1.807, 2.05) is 0 Å². The fourth-order valence-corrected chi connectivity index (χ4v) is 1.36. The summed E-state index contributed by atoms with van der Waals surface area (Å²) in [5, 5.41) is 0. The van der Waals surface area contributed by atoms with E-state index in [-0.39, 0.29) is 6.29 Å². The first-order valence-corrected chi connectivity index (χ1v) is 7.16. The number of ether oxygens (including phenoxy) is 3. The van der Waals surface area contributed by atoms with Gasteiger partial charge in [-0.2, -0.15) is 0 Å². The van der Waals surface area contributed by atoms with Crippen LogP contribution in [0.1, 0.15) is 59.3 Å². The maximum Gasteiger partial charge on any atom is 0.159 e. The summed E-state index contributed by atoms with van der Waals surface area (Å²) < 4.78 is 16.9. The van der Waals surface area contributed by atoms with Crippen LogP contribution in [0.4, 0.5) is 0 Å². The van der Waals surface area contributed by atoms with Crippen LogP contribution in [0.15, 0.2) is 0 Å². The van der Waals surface area contributed by atoms with Gasteiger partial charge in [-0.1, -0.05) is 33.6 Å². The Balaban J connectivity index is 3.60. The van der Waals surface area contributed by atoms with E-state index >= 15 is 0 Å². The van der Waals surface area contributed by atoms with Crippen molar-refractivity contribution in [2.45, 2.75) is 65.6 Å². The van der Waals surface area contributed by atoms with Crippen LogP contribution in [0.3, 0.4) is 0 Å². The van der Waals surface area contributed by atoms with Crippen molar-refractivity contribution in [3.63, 3.8) is 0 Å². The summed E-state index contributed by atoms with van der Waals surface area (Å²) in [4.78, 5) is 0. The van der Waals surface area contributed by atoms with Crippen LogP contribution in [0.25, 0.3) is 0 Å². The summed E-state index contributed by atoms with van der Waals surface area (Å²) in [7, 11) is 0. The molecule has 0 saturated heterocycles. The third-order valence-corrected chi connectivity index (χ3v) is 2.45. The van der Waals surface area contributed by atoms with E-state index in [9.17, 15) is 0 Å². The molecule has 0 aromatic carbocycles. The van der Waals surface area contributed by atoms with Crippen LogP contribution < -0.4 is 0 Å². The van der Waals surface area contributed by atoms with Gasteiger partial charge in [-0.05, 0) is 19.3 Å². The topological polar surface area (TPSA) is 27.7 Å². The third kappa shape index (κ3) is 12.1. The Morgan fingerprint density at radius 3 is 1.76 bits per heavy atom. The van der Waals surface area contributed by atoms with E-state index in [1.54, 1.807) is 0 Å². The van der Waals surface area contributed by atoms with Crippen molar-refractivity contribution >= 4 is 0 Å². The molecule has 0 aliphatic carbocycles. The molecule has 0 rings (SSSR count). The van der Waals surface area contributed by atoms with E-state index in [1.165, 1.54) is 0 Å². The van der Waals surface area contributed by atoms with Gasteiger partial charge in [0, 0.05) is 26.2 Å². The van der Waals surface area contributed by atoms with Gasteiger partial charge in [0.25, 0.3) is 0 Å². The Morgan fingerprint density at radius 2 is 1.29 bits per heavy atom. The highest BCUT2D eigenvalue weighted by Crippen LogP contribution is 2.05. The standard InChI is InChI=1S/C14H30O3/c1-4-7-11-16-14(17-12-8-5-2)9-13-15-10-6-3/h14H,4-13H2,1-3H3. The molecule has 0 aromatic heterocycles. The average molecular weight is 246 g/mol. The Bertz CT molecular complexity index is 129. The lowest BCUT2D eigenvalue weighted by atomic mass is 10.3. The summed E-state index contributed by atoms with van der Waals surface area (Å²) in [6.07, 6.45) is 6.35. The summed E-state index contributed by atoms with van der Waals surface area (Å²) >= 11 is 0. The molecule has 0 radical (unpaired) electrons.